The van der Waals surface area contributed by atoms with Crippen LogP contribution in [0.4, 0.5) is 19.0 Å². The first-order valence-corrected chi connectivity index (χ1v) is 9.27. The first-order chi connectivity index (χ1) is 14.2. The summed E-state index contributed by atoms with van der Waals surface area (Å²) in [6, 6.07) is 15.6. The van der Waals surface area contributed by atoms with Crippen LogP contribution in [0, 0.1) is 13.8 Å². The van der Waals surface area contributed by atoms with E-state index in [0.717, 1.165) is 41.0 Å². The average molecular weight is 409 g/mol. The van der Waals surface area contributed by atoms with Crippen molar-refractivity contribution in [2.24, 2.45) is 0 Å². The predicted octanol–water partition coefficient (Wildman–Crippen LogP) is 5.89. The minimum atomic E-state index is -4.45. The first-order valence-electron chi connectivity index (χ1n) is 9.27. The molecule has 0 bridgehead atoms. The molecule has 1 amide bonds. The van der Waals surface area contributed by atoms with Gasteiger partial charge >= 0.3 is 6.18 Å². The predicted molar refractivity (Wildman–Crippen MR) is 109 cm³/mol. The van der Waals surface area contributed by atoms with Gasteiger partial charge in [-0.1, -0.05) is 29.8 Å². The molecular formula is C23H18F3N3O. The van der Waals surface area contributed by atoms with Crippen LogP contribution in [-0.2, 0) is 6.18 Å². The molecule has 4 nitrogen and oxygen atoms in total. The first kappa shape index (κ1) is 19.7. The van der Waals surface area contributed by atoms with E-state index < -0.39 is 17.6 Å². The number of fused-ring (bicyclic) bond motifs is 1. The van der Waals surface area contributed by atoms with Gasteiger partial charge in [0.1, 0.15) is 17.2 Å². The Bertz CT molecular complexity index is 1220. The summed E-state index contributed by atoms with van der Waals surface area (Å²) in [5.41, 5.74) is 3.50. The van der Waals surface area contributed by atoms with Crippen molar-refractivity contribution in [1.82, 2.24) is 9.38 Å². The van der Waals surface area contributed by atoms with Crippen molar-refractivity contribution < 1.29 is 18.0 Å². The number of halogens is 3. The maximum atomic E-state index is 12.8. The van der Waals surface area contributed by atoms with E-state index in [1.807, 2.05) is 50.2 Å². The number of rotatable bonds is 3. The molecule has 1 N–H and O–H groups in total. The molecule has 2 heterocycles. The van der Waals surface area contributed by atoms with Crippen LogP contribution in [0.5, 0.6) is 0 Å². The Labute approximate surface area is 171 Å². The van der Waals surface area contributed by atoms with Gasteiger partial charge in [0, 0.05) is 17.3 Å². The summed E-state index contributed by atoms with van der Waals surface area (Å²) in [7, 11) is 0. The standard InChI is InChI=1S/C23H18F3N3O/c1-14-3-5-16(6-4-14)20-21(29-12-11-15(2)13-19(29)27-20)28-22(30)17-7-9-18(10-8-17)23(24,25)26/h3-13H,1-2H3,(H,28,30). The van der Waals surface area contributed by atoms with Gasteiger partial charge in [-0.25, -0.2) is 4.98 Å². The number of hydrogen-bond donors (Lipinski definition) is 1. The molecule has 0 fully saturated rings. The van der Waals surface area contributed by atoms with Gasteiger partial charge in [-0.05, 0) is 55.8 Å². The molecule has 2 aromatic carbocycles. The lowest BCUT2D eigenvalue weighted by molar-refractivity contribution is -0.137. The molecule has 0 saturated heterocycles. The number of imidazole rings is 1. The summed E-state index contributed by atoms with van der Waals surface area (Å²) < 4.78 is 40.1. The Morgan fingerprint density at radius 2 is 1.60 bits per heavy atom. The zero-order valence-corrected chi connectivity index (χ0v) is 16.3. The summed E-state index contributed by atoms with van der Waals surface area (Å²) in [6.07, 6.45) is -2.65. The van der Waals surface area contributed by atoms with Crippen molar-refractivity contribution >= 4 is 17.4 Å². The van der Waals surface area contributed by atoms with Crippen molar-refractivity contribution in [2.45, 2.75) is 20.0 Å². The Balaban J connectivity index is 1.75. The number of carbonyl (C=O) groups is 1. The number of aromatic nitrogens is 2. The van der Waals surface area contributed by atoms with Gasteiger partial charge in [0.15, 0.2) is 0 Å². The fourth-order valence-electron chi connectivity index (χ4n) is 3.17. The van der Waals surface area contributed by atoms with E-state index in [1.54, 1.807) is 10.6 Å². The highest BCUT2D eigenvalue weighted by atomic mass is 19.4. The van der Waals surface area contributed by atoms with Crippen molar-refractivity contribution in [3.8, 4) is 11.3 Å². The van der Waals surface area contributed by atoms with E-state index in [1.165, 1.54) is 0 Å². The SMILES string of the molecule is Cc1ccc(-c2nc3cc(C)ccn3c2NC(=O)c2ccc(C(F)(F)F)cc2)cc1. The molecule has 0 aliphatic carbocycles. The van der Waals surface area contributed by atoms with Crippen LogP contribution >= 0.6 is 0 Å². The lowest BCUT2D eigenvalue weighted by Gasteiger charge is -2.10. The number of nitrogens with zero attached hydrogens (tertiary/aromatic N) is 2. The largest absolute Gasteiger partial charge is 0.416 e. The van der Waals surface area contributed by atoms with Gasteiger partial charge in [-0.3, -0.25) is 9.20 Å². The number of aryl methyl sites for hydroxylation is 2. The van der Waals surface area contributed by atoms with Crippen LogP contribution < -0.4 is 5.32 Å². The van der Waals surface area contributed by atoms with Crippen LogP contribution in [0.25, 0.3) is 16.9 Å². The topological polar surface area (TPSA) is 46.4 Å². The minimum Gasteiger partial charge on any atom is -0.306 e. The molecule has 0 unspecified atom stereocenters. The minimum absolute atomic E-state index is 0.125. The van der Waals surface area contributed by atoms with E-state index in [9.17, 15) is 18.0 Å². The number of nitrogens with one attached hydrogen (secondary N) is 1. The molecule has 0 saturated carbocycles. The Hall–Kier alpha value is -3.61. The van der Waals surface area contributed by atoms with E-state index in [4.69, 9.17) is 0 Å². The molecule has 7 heteroatoms. The number of anilines is 1. The lowest BCUT2D eigenvalue weighted by atomic mass is 10.1. The third kappa shape index (κ3) is 3.78. The molecule has 4 rings (SSSR count). The molecule has 0 aliphatic heterocycles. The molecule has 4 aromatic rings. The molecule has 0 atom stereocenters. The normalized spacial score (nSPS) is 11.6. The molecule has 30 heavy (non-hydrogen) atoms. The summed E-state index contributed by atoms with van der Waals surface area (Å²) in [5.74, 6) is -0.0572. The lowest BCUT2D eigenvalue weighted by Crippen LogP contribution is -2.14. The van der Waals surface area contributed by atoms with Gasteiger partial charge in [0.2, 0.25) is 0 Å². The molecular weight excluding hydrogens is 391 g/mol. The maximum absolute atomic E-state index is 12.8. The Kier molecular flexibility index (Phi) is 4.81. The van der Waals surface area contributed by atoms with E-state index in [0.29, 0.717) is 17.2 Å². The number of benzene rings is 2. The summed E-state index contributed by atoms with van der Waals surface area (Å²) in [5, 5.41) is 2.82. The van der Waals surface area contributed by atoms with Crippen LogP contribution in [0.2, 0.25) is 0 Å². The zero-order valence-electron chi connectivity index (χ0n) is 16.3. The monoisotopic (exact) mass is 409 g/mol. The summed E-state index contributed by atoms with van der Waals surface area (Å²) in [6.45, 7) is 3.92. The van der Waals surface area contributed by atoms with Gasteiger partial charge in [0.25, 0.3) is 5.91 Å². The van der Waals surface area contributed by atoms with E-state index in [2.05, 4.69) is 10.3 Å². The molecule has 152 valence electrons. The van der Waals surface area contributed by atoms with E-state index in [-0.39, 0.29) is 5.56 Å². The van der Waals surface area contributed by atoms with Gasteiger partial charge in [-0.2, -0.15) is 13.2 Å². The van der Waals surface area contributed by atoms with E-state index >= 15 is 0 Å². The fourth-order valence-corrected chi connectivity index (χ4v) is 3.17. The van der Waals surface area contributed by atoms with Gasteiger partial charge < -0.3 is 5.32 Å². The fraction of sp³-hybridized carbons (Fsp3) is 0.130. The molecule has 0 aliphatic rings. The zero-order chi connectivity index (χ0) is 21.5. The van der Waals surface area contributed by atoms with Crippen LogP contribution in [0.15, 0.2) is 66.9 Å². The maximum Gasteiger partial charge on any atom is 0.416 e. The van der Waals surface area contributed by atoms with Crippen molar-refractivity contribution in [2.75, 3.05) is 5.32 Å². The van der Waals surface area contributed by atoms with Crippen LogP contribution in [-0.4, -0.2) is 15.3 Å². The second-order valence-electron chi connectivity index (χ2n) is 7.14. The molecule has 2 aromatic heterocycles. The smallest absolute Gasteiger partial charge is 0.306 e. The van der Waals surface area contributed by atoms with Crippen LogP contribution in [0.1, 0.15) is 27.0 Å². The third-order valence-corrected chi connectivity index (χ3v) is 4.81. The molecule has 0 radical (unpaired) electrons. The Morgan fingerprint density at radius 3 is 2.23 bits per heavy atom. The van der Waals surface area contributed by atoms with Crippen molar-refractivity contribution in [3.05, 3.63) is 89.1 Å². The summed E-state index contributed by atoms with van der Waals surface area (Å²) in [4.78, 5) is 17.5. The number of pyridine rings is 1. The van der Waals surface area contributed by atoms with Crippen molar-refractivity contribution in [1.29, 1.82) is 0 Å². The Morgan fingerprint density at radius 1 is 0.933 bits per heavy atom. The molecule has 0 spiro atoms. The number of alkyl halides is 3. The van der Waals surface area contributed by atoms with Crippen molar-refractivity contribution in [3.63, 3.8) is 0 Å². The second kappa shape index (κ2) is 7.33. The highest BCUT2D eigenvalue weighted by Crippen LogP contribution is 2.31. The highest BCUT2D eigenvalue weighted by molar-refractivity contribution is 6.05. The second-order valence-corrected chi connectivity index (χ2v) is 7.14. The number of carbonyl (C=O) groups excluding carboxylic acids is 1. The van der Waals surface area contributed by atoms with Gasteiger partial charge in [0.05, 0.1) is 5.56 Å². The highest BCUT2D eigenvalue weighted by Gasteiger charge is 2.30. The number of amides is 1. The van der Waals surface area contributed by atoms with Gasteiger partial charge in [-0.15, -0.1) is 0 Å². The van der Waals surface area contributed by atoms with Crippen LogP contribution in [0.3, 0.4) is 0 Å². The average Bonchev–Trinajstić information content (AvgIpc) is 3.05. The third-order valence-electron chi connectivity index (χ3n) is 4.81. The number of hydrogen-bond acceptors (Lipinski definition) is 2. The quantitative estimate of drug-likeness (QED) is 0.459. The summed E-state index contributed by atoms with van der Waals surface area (Å²) >= 11 is 0.